The second-order valence-electron chi connectivity index (χ2n) is 7.65. The Balaban J connectivity index is 1.33. The van der Waals surface area contributed by atoms with Crippen molar-refractivity contribution in [2.45, 2.75) is 29.4 Å². The van der Waals surface area contributed by atoms with E-state index in [2.05, 4.69) is 4.90 Å². The number of hydrogen-bond donors (Lipinski definition) is 1. The van der Waals surface area contributed by atoms with Gasteiger partial charge in [-0.15, -0.1) is 0 Å². The molecule has 4 rings (SSSR count). The molecule has 1 heterocycles. The van der Waals surface area contributed by atoms with Gasteiger partial charge in [-0.3, -0.25) is 0 Å². The Hall–Kier alpha value is -1.85. The Morgan fingerprint density at radius 1 is 0.923 bits per heavy atom. The van der Waals surface area contributed by atoms with Crippen molar-refractivity contribution in [3.63, 3.8) is 0 Å². The van der Waals surface area contributed by atoms with E-state index in [0.29, 0.717) is 22.5 Å². The Bertz CT molecular complexity index is 835. The highest BCUT2D eigenvalue weighted by molar-refractivity contribution is 7.92. The number of nitrogens with zero attached hydrogens (tertiary/aromatic N) is 1. The summed E-state index contributed by atoms with van der Waals surface area (Å²) in [7, 11) is -3.20. The largest absolute Gasteiger partial charge is 0.508 e. The van der Waals surface area contributed by atoms with Crippen molar-refractivity contribution in [2.24, 2.45) is 11.8 Å². The minimum absolute atomic E-state index is 0.223. The summed E-state index contributed by atoms with van der Waals surface area (Å²) >= 11 is 0. The molecule has 4 nitrogen and oxygen atoms in total. The minimum atomic E-state index is -3.20. The third kappa shape index (κ3) is 3.51. The third-order valence-electron chi connectivity index (χ3n) is 5.95. The second kappa shape index (κ2) is 7.05. The average molecular weight is 372 g/mol. The Kier molecular flexibility index (Phi) is 4.76. The lowest BCUT2D eigenvalue weighted by atomic mass is 10.0. The maximum absolute atomic E-state index is 12.9. The summed E-state index contributed by atoms with van der Waals surface area (Å²) < 4.78 is 25.7. The van der Waals surface area contributed by atoms with Crippen LogP contribution in [-0.2, 0) is 16.3 Å². The van der Waals surface area contributed by atoms with Crippen LogP contribution in [0.2, 0.25) is 0 Å². The molecule has 1 aliphatic heterocycles. The maximum Gasteiger partial charge on any atom is 0.181 e. The summed E-state index contributed by atoms with van der Waals surface area (Å²) in [5, 5.41) is 9.14. The fraction of sp³-hybridized carbons (Fsp3) is 0.429. The van der Waals surface area contributed by atoms with Gasteiger partial charge in [-0.05, 0) is 60.9 Å². The lowest BCUT2D eigenvalue weighted by molar-refractivity contribution is 0.315. The molecule has 138 valence electrons. The predicted octanol–water partition coefficient (Wildman–Crippen LogP) is 3.12. The van der Waals surface area contributed by atoms with Crippen LogP contribution in [0, 0.1) is 11.8 Å². The van der Waals surface area contributed by atoms with Crippen LogP contribution >= 0.6 is 0 Å². The number of phenols is 1. The van der Waals surface area contributed by atoms with Crippen LogP contribution in [0.3, 0.4) is 0 Å². The van der Waals surface area contributed by atoms with Crippen molar-refractivity contribution in [1.29, 1.82) is 0 Å². The number of hydrogen-bond acceptors (Lipinski definition) is 4. The molecule has 0 amide bonds. The SMILES string of the molecule is O=S(=O)(c1ccccc1)C1C[C@@H]2CN(CCc3ccc(O)cc3)C[C@@H]2C1. The van der Waals surface area contributed by atoms with Crippen molar-refractivity contribution in [3.05, 3.63) is 60.2 Å². The van der Waals surface area contributed by atoms with E-state index in [-0.39, 0.29) is 5.25 Å². The molecule has 2 aromatic carbocycles. The van der Waals surface area contributed by atoms with Gasteiger partial charge in [0.1, 0.15) is 5.75 Å². The van der Waals surface area contributed by atoms with E-state index in [1.165, 1.54) is 5.56 Å². The van der Waals surface area contributed by atoms with E-state index in [1.807, 2.05) is 18.2 Å². The van der Waals surface area contributed by atoms with Crippen molar-refractivity contribution < 1.29 is 13.5 Å². The van der Waals surface area contributed by atoms with Crippen molar-refractivity contribution in [1.82, 2.24) is 4.90 Å². The van der Waals surface area contributed by atoms with Crippen LogP contribution in [0.1, 0.15) is 18.4 Å². The maximum atomic E-state index is 12.9. The standard InChI is InChI=1S/C21H25NO3S/c23-19-8-6-16(7-9-19)10-11-22-14-17-12-21(13-18(17)15-22)26(24,25)20-4-2-1-3-5-20/h1-9,17-18,21,23H,10-15H2/t17-,18+,21?. The van der Waals surface area contributed by atoms with E-state index in [0.717, 1.165) is 38.9 Å². The molecule has 2 aliphatic rings. The molecule has 0 spiro atoms. The molecular formula is C21H25NO3S. The van der Waals surface area contributed by atoms with Crippen LogP contribution in [0.15, 0.2) is 59.5 Å². The number of aromatic hydroxyl groups is 1. The van der Waals surface area contributed by atoms with Gasteiger partial charge >= 0.3 is 0 Å². The zero-order valence-corrected chi connectivity index (χ0v) is 15.6. The Labute approximate surface area is 155 Å². The van der Waals surface area contributed by atoms with Crippen LogP contribution < -0.4 is 0 Å². The first-order valence-corrected chi connectivity index (χ1v) is 10.9. The fourth-order valence-electron chi connectivity index (χ4n) is 4.53. The number of fused-ring (bicyclic) bond motifs is 1. The van der Waals surface area contributed by atoms with Gasteiger partial charge in [0, 0.05) is 19.6 Å². The molecule has 2 aromatic rings. The van der Waals surface area contributed by atoms with Gasteiger partial charge in [0.05, 0.1) is 10.1 Å². The number of likely N-dealkylation sites (tertiary alicyclic amines) is 1. The van der Waals surface area contributed by atoms with Gasteiger partial charge in [-0.2, -0.15) is 0 Å². The summed E-state index contributed by atoms with van der Waals surface area (Å²) in [5.74, 6) is 1.30. The van der Waals surface area contributed by atoms with E-state index in [9.17, 15) is 13.5 Å². The minimum Gasteiger partial charge on any atom is -0.508 e. The molecule has 1 saturated heterocycles. The Morgan fingerprint density at radius 2 is 1.54 bits per heavy atom. The highest BCUT2D eigenvalue weighted by Crippen LogP contribution is 2.42. The van der Waals surface area contributed by atoms with Crippen molar-refractivity contribution in [2.75, 3.05) is 19.6 Å². The van der Waals surface area contributed by atoms with E-state index < -0.39 is 9.84 Å². The quantitative estimate of drug-likeness (QED) is 0.877. The first kappa shape index (κ1) is 17.6. The van der Waals surface area contributed by atoms with Gasteiger partial charge < -0.3 is 10.0 Å². The van der Waals surface area contributed by atoms with Gasteiger partial charge in [-0.25, -0.2) is 8.42 Å². The number of rotatable bonds is 5. The molecule has 0 radical (unpaired) electrons. The first-order chi connectivity index (χ1) is 12.5. The molecule has 1 unspecified atom stereocenters. The fourth-order valence-corrected chi connectivity index (χ4v) is 6.45. The lowest BCUT2D eigenvalue weighted by Gasteiger charge is -2.19. The summed E-state index contributed by atoms with van der Waals surface area (Å²) in [6, 6.07) is 16.3. The predicted molar refractivity (Wildman–Crippen MR) is 102 cm³/mol. The third-order valence-corrected chi connectivity index (χ3v) is 8.14. The van der Waals surface area contributed by atoms with Gasteiger partial charge in [0.2, 0.25) is 0 Å². The topological polar surface area (TPSA) is 57.6 Å². The van der Waals surface area contributed by atoms with Gasteiger partial charge in [0.25, 0.3) is 0 Å². The van der Waals surface area contributed by atoms with Gasteiger partial charge in [0.15, 0.2) is 9.84 Å². The Morgan fingerprint density at radius 3 is 2.15 bits per heavy atom. The van der Waals surface area contributed by atoms with Gasteiger partial charge in [-0.1, -0.05) is 30.3 Å². The number of benzene rings is 2. The van der Waals surface area contributed by atoms with Crippen molar-refractivity contribution in [3.8, 4) is 5.75 Å². The summed E-state index contributed by atoms with van der Waals surface area (Å²) in [6.07, 6.45) is 2.54. The highest BCUT2D eigenvalue weighted by atomic mass is 32.2. The first-order valence-electron chi connectivity index (χ1n) is 9.31. The van der Waals surface area contributed by atoms with Crippen LogP contribution in [-0.4, -0.2) is 43.3 Å². The van der Waals surface area contributed by atoms with Crippen LogP contribution in [0.25, 0.3) is 0 Å². The zero-order chi connectivity index (χ0) is 18.1. The molecule has 1 saturated carbocycles. The average Bonchev–Trinajstić information content (AvgIpc) is 3.21. The normalized spacial score (nSPS) is 26.1. The zero-order valence-electron chi connectivity index (χ0n) is 14.8. The molecular weight excluding hydrogens is 346 g/mol. The van der Waals surface area contributed by atoms with E-state index >= 15 is 0 Å². The smallest absolute Gasteiger partial charge is 0.181 e. The van der Waals surface area contributed by atoms with Crippen LogP contribution in [0.4, 0.5) is 0 Å². The monoisotopic (exact) mass is 371 g/mol. The number of sulfone groups is 1. The molecule has 5 heteroatoms. The number of phenolic OH excluding ortho intramolecular Hbond substituents is 1. The van der Waals surface area contributed by atoms with E-state index in [4.69, 9.17) is 0 Å². The molecule has 0 aromatic heterocycles. The molecule has 26 heavy (non-hydrogen) atoms. The highest BCUT2D eigenvalue weighted by Gasteiger charge is 2.45. The molecule has 0 bridgehead atoms. The summed E-state index contributed by atoms with van der Waals surface area (Å²) in [6.45, 7) is 3.00. The molecule has 3 atom stereocenters. The van der Waals surface area contributed by atoms with E-state index in [1.54, 1.807) is 36.4 Å². The molecule has 1 aliphatic carbocycles. The summed E-state index contributed by atoms with van der Waals surface area (Å²) in [5.41, 5.74) is 1.23. The van der Waals surface area contributed by atoms with Crippen LogP contribution in [0.5, 0.6) is 5.75 Å². The second-order valence-corrected chi connectivity index (χ2v) is 9.88. The molecule has 2 fully saturated rings. The summed E-state index contributed by atoms with van der Waals surface area (Å²) in [4.78, 5) is 2.93. The molecule has 1 N–H and O–H groups in total. The van der Waals surface area contributed by atoms with Crippen molar-refractivity contribution >= 4 is 9.84 Å². The lowest BCUT2D eigenvalue weighted by Crippen LogP contribution is -2.27.